The number of rotatable bonds is 6. The summed E-state index contributed by atoms with van der Waals surface area (Å²) in [6.45, 7) is 8.89. The van der Waals surface area contributed by atoms with Crippen molar-refractivity contribution < 1.29 is 0 Å². The van der Waals surface area contributed by atoms with Crippen LogP contribution in [0.1, 0.15) is 44.9 Å². The maximum absolute atomic E-state index is 12.5. The number of fused-ring (bicyclic) bond motifs is 1. The highest BCUT2D eigenvalue weighted by molar-refractivity contribution is 5.74. The third-order valence-corrected chi connectivity index (χ3v) is 4.93. The van der Waals surface area contributed by atoms with E-state index in [1.807, 2.05) is 34.9 Å². The highest BCUT2D eigenvalue weighted by Crippen LogP contribution is 2.21. The summed E-state index contributed by atoms with van der Waals surface area (Å²) >= 11 is 0. The summed E-state index contributed by atoms with van der Waals surface area (Å²) in [5, 5.41) is 8.16. The van der Waals surface area contributed by atoms with Gasteiger partial charge in [-0.1, -0.05) is 31.2 Å². The average Bonchev–Trinajstić information content (AvgIpc) is 3.07. The fraction of sp³-hybridized carbons (Fsp3) is 0.476. The summed E-state index contributed by atoms with van der Waals surface area (Å²) in [7, 11) is 4.10. The van der Waals surface area contributed by atoms with Crippen molar-refractivity contribution >= 4 is 17.0 Å². The zero-order valence-corrected chi connectivity index (χ0v) is 17.6. The molecule has 28 heavy (non-hydrogen) atoms. The number of benzene rings is 1. The first kappa shape index (κ1) is 20.1. The highest BCUT2D eigenvalue weighted by atomic mass is 16.1. The number of nitrogens with zero attached hydrogens (tertiary/aromatic N) is 4. The molecule has 3 aromatic rings. The smallest absolute Gasteiger partial charge is 0.263 e. The molecule has 0 spiro atoms. The Morgan fingerprint density at radius 3 is 2.46 bits per heavy atom. The normalized spacial score (nSPS) is 13.2. The van der Waals surface area contributed by atoms with Crippen molar-refractivity contribution in [2.75, 3.05) is 26.0 Å². The molecular weight excluding hydrogens is 352 g/mol. The number of anilines is 1. The lowest BCUT2D eigenvalue weighted by molar-refractivity contribution is 0.311. The predicted molar refractivity (Wildman–Crippen MR) is 114 cm³/mol. The quantitative estimate of drug-likeness (QED) is 0.685. The van der Waals surface area contributed by atoms with Gasteiger partial charge in [-0.3, -0.25) is 9.78 Å². The maximum Gasteiger partial charge on any atom is 0.263 e. The number of aromatic nitrogens is 4. The molecule has 3 rings (SSSR count). The second-order valence-electron chi connectivity index (χ2n) is 8.33. The molecule has 0 saturated carbocycles. The predicted octanol–water partition coefficient (Wildman–Crippen LogP) is 3.15. The number of aryl methyl sites for hydroxylation is 1. The number of H-pyrrole nitrogens is 1. The van der Waals surface area contributed by atoms with Gasteiger partial charge in [0.15, 0.2) is 5.65 Å². The minimum absolute atomic E-state index is 0.152. The van der Waals surface area contributed by atoms with E-state index < -0.39 is 0 Å². The number of hydrogen-bond acceptors (Lipinski definition) is 5. The van der Waals surface area contributed by atoms with Gasteiger partial charge in [0, 0.05) is 6.54 Å². The van der Waals surface area contributed by atoms with Crippen LogP contribution in [0.15, 0.2) is 35.3 Å². The second kappa shape index (κ2) is 7.75. The van der Waals surface area contributed by atoms with E-state index in [1.54, 1.807) is 10.9 Å². The van der Waals surface area contributed by atoms with Gasteiger partial charge in [0.2, 0.25) is 5.95 Å². The molecule has 2 N–H and O–H groups in total. The number of likely N-dealkylation sites (N-methyl/N-ethyl adjacent to an activating group) is 1. The standard InChI is InChI=1S/C21H30N6O/c1-7-14-8-10-15(11-9-14)17(26(5)6)13-22-20-24-18-16(19(28)25-20)12-23-27(18)21(2,3)4/h8-12,17H,7,13H2,1-6H3,(H2,22,24,25,28)/t17-/m1/s1. The Bertz CT molecular complexity index is 994. The van der Waals surface area contributed by atoms with Gasteiger partial charge in [0.05, 0.1) is 17.8 Å². The fourth-order valence-electron chi connectivity index (χ4n) is 3.26. The molecule has 2 aromatic heterocycles. The van der Waals surface area contributed by atoms with Crippen LogP contribution >= 0.6 is 0 Å². The summed E-state index contributed by atoms with van der Waals surface area (Å²) in [6.07, 6.45) is 2.60. The summed E-state index contributed by atoms with van der Waals surface area (Å²) in [5.41, 5.74) is 2.69. The minimum Gasteiger partial charge on any atom is -0.354 e. The third-order valence-electron chi connectivity index (χ3n) is 4.93. The monoisotopic (exact) mass is 382 g/mol. The van der Waals surface area contributed by atoms with Crippen LogP contribution in [0.2, 0.25) is 0 Å². The molecule has 7 heteroatoms. The summed E-state index contributed by atoms with van der Waals surface area (Å²) < 4.78 is 1.79. The van der Waals surface area contributed by atoms with Crippen LogP contribution in [0.25, 0.3) is 11.0 Å². The van der Waals surface area contributed by atoms with Crippen molar-refractivity contribution in [3.63, 3.8) is 0 Å². The van der Waals surface area contributed by atoms with Crippen molar-refractivity contribution in [2.45, 2.75) is 45.7 Å². The van der Waals surface area contributed by atoms with E-state index in [4.69, 9.17) is 0 Å². The lowest BCUT2D eigenvalue weighted by Gasteiger charge is -2.25. The Kier molecular flexibility index (Phi) is 5.56. The van der Waals surface area contributed by atoms with E-state index in [0.717, 1.165) is 6.42 Å². The molecule has 0 saturated heterocycles. The average molecular weight is 383 g/mol. The number of aromatic amines is 1. The molecule has 0 bridgehead atoms. The lowest BCUT2D eigenvalue weighted by atomic mass is 10.0. The van der Waals surface area contributed by atoms with E-state index in [2.05, 4.69) is 56.5 Å². The van der Waals surface area contributed by atoms with Crippen LogP contribution in [0.5, 0.6) is 0 Å². The number of hydrogen-bond donors (Lipinski definition) is 2. The van der Waals surface area contributed by atoms with Crippen molar-refractivity contribution in [3.05, 3.63) is 51.9 Å². The first-order valence-electron chi connectivity index (χ1n) is 9.68. The van der Waals surface area contributed by atoms with Crippen molar-refractivity contribution in [1.82, 2.24) is 24.6 Å². The Hall–Kier alpha value is -2.67. The van der Waals surface area contributed by atoms with Crippen LogP contribution < -0.4 is 10.9 Å². The number of nitrogens with one attached hydrogen (secondary N) is 2. The Morgan fingerprint density at radius 2 is 1.89 bits per heavy atom. The minimum atomic E-state index is -0.257. The van der Waals surface area contributed by atoms with Gasteiger partial charge in [-0.05, 0) is 52.4 Å². The van der Waals surface area contributed by atoms with E-state index in [-0.39, 0.29) is 17.1 Å². The van der Waals surface area contributed by atoms with Gasteiger partial charge < -0.3 is 10.2 Å². The lowest BCUT2D eigenvalue weighted by Crippen LogP contribution is -2.28. The zero-order chi connectivity index (χ0) is 20.5. The third kappa shape index (κ3) is 4.09. The topological polar surface area (TPSA) is 78.8 Å². The van der Waals surface area contributed by atoms with Crippen LogP contribution in [-0.2, 0) is 12.0 Å². The van der Waals surface area contributed by atoms with Crippen LogP contribution in [0.4, 0.5) is 5.95 Å². The van der Waals surface area contributed by atoms with Crippen molar-refractivity contribution in [1.29, 1.82) is 0 Å². The van der Waals surface area contributed by atoms with Gasteiger partial charge >= 0.3 is 0 Å². The molecule has 150 valence electrons. The summed E-state index contributed by atoms with van der Waals surface area (Å²) in [5.74, 6) is 0.459. The van der Waals surface area contributed by atoms with E-state index in [1.165, 1.54) is 11.1 Å². The molecule has 7 nitrogen and oxygen atoms in total. The SMILES string of the molecule is CCc1ccc([C@@H](CNc2nc3c(cnn3C(C)(C)C)c(=O)[nH]2)N(C)C)cc1. The van der Waals surface area contributed by atoms with Gasteiger partial charge in [-0.15, -0.1) is 0 Å². The Balaban J connectivity index is 1.87. The fourth-order valence-corrected chi connectivity index (χ4v) is 3.26. The molecule has 1 atom stereocenters. The van der Waals surface area contributed by atoms with Gasteiger partial charge in [0.25, 0.3) is 5.56 Å². The second-order valence-corrected chi connectivity index (χ2v) is 8.33. The highest BCUT2D eigenvalue weighted by Gasteiger charge is 2.20. The first-order valence-corrected chi connectivity index (χ1v) is 9.68. The van der Waals surface area contributed by atoms with Crippen LogP contribution in [0, 0.1) is 0 Å². The molecule has 0 fully saturated rings. The molecule has 0 aliphatic heterocycles. The van der Waals surface area contributed by atoms with Crippen LogP contribution in [0.3, 0.4) is 0 Å². The largest absolute Gasteiger partial charge is 0.354 e. The van der Waals surface area contributed by atoms with Gasteiger partial charge in [0.1, 0.15) is 5.39 Å². The van der Waals surface area contributed by atoms with Crippen LogP contribution in [-0.4, -0.2) is 45.3 Å². The Morgan fingerprint density at radius 1 is 1.21 bits per heavy atom. The maximum atomic E-state index is 12.5. The zero-order valence-electron chi connectivity index (χ0n) is 17.6. The van der Waals surface area contributed by atoms with Crippen molar-refractivity contribution in [3.8, 4) is 0 Å². The molecule has 1 aromatic carbocycles. The molecule has 0 radical (unpaired) electrons. The molecule has 0 aliphatic rings. The Labute approximate surface area is 165 Å². The molecule has 0 amide bonds. The molecular formula is C21H30N6O. The van der Waals surface area contributed by atoms with Crippen molar-refractivity contribution in [2.24, 2.45) is 0 Å². The summed E-state index contributed by atoms with van der Waals surface area (Å²) in [4.78, 5) is 22.1. The molecule has 2 heterocycles. The van der Waals surface area contributed by atoms with E-state index >= 15 is 0 Å². The first-order chi connectivity index (χ1) is 13.2. The molecule has 0 unspecified atom stereocenters. The summed E-state index contributed by atoms with van der Waals surface area (Å²) in [6, 6.07) is 8.82. The van der Waals surface area contributed by atoms with Gasteiger partial charge in [-0.25, -0.2) is 4.68 Å². The van der Waals surface area contributed by atoms with E-state index in [9.17, 15) is 4.79 Å². The molecule has 0 aliphatic carbocycles. The van der Waals surface area contributed by atoms with E-state index in [0.29, 0.717) is 23.5 Å². The van der Waals surface area contributed by atoms with Gasteiger partial charge in [-0.2, -0.15) is 10.1 Å².